The van der Waals surface area contributed by atoms with E-state index in [4.69, 9.17) is 5.73 Å². The number of aromatic nitrogens is 4. The molecule has 0 saturated heterocycles. The molecule has 3 N–H and O–H groups in total. The summed E-state index contributed by atoms with van der Waals surface area (Å²) in [6.07, 6.45) is 1.99. The third-order valence-corrected chi connectivity index (χ3v) is 2.16. The molecule has 0 spiro atoms. The molecule has 0 unspecified atom stereocenters. The lowest BCUT2D eigenvalue weighted by atomic mass is 10.2. The Hall–Kier alpha value is -1.78. The van der Waals surface area contributed by atoms with E-state index in [1.165, 1.54) is 0 Å². The smallest absolute Gasteiger partial charge is 0.145 e. The molecule has 0 radical (unpaired) electrons. The van der Waals surface area contributed by atoms with Crippen molar-refractivity contribution in [2.75, 3.05) is 5.73 Å². The van der Waals surface area contributed by atoms with E-state index in [0.717, 1.165) is 23.5 Å². The monoisotopic (exact) mass is 191 g/mol. The SMILES string of the molecule is CCn1cc(-c2cc(N)n[nH]2)c(C)n1. The van der Waals surface area contributed by atoms with Crippen molar-refractivity contribution < 1.29 is 0 Å². The zero-order valence-corrected chi connectivity index (χ0v) is 8.28. The van der Waals surface area contributed by atoms with E-state index in [-0.39, 0.29) is 0 Å². The second-order valence-electron chi connectivity index (χ2n) is 3.19. The van der Waals surface area contributed by atoms with Crippen molar-refractivity contribution in [2.24, 2.45) is 0 Å². The average molecular weight is 191 g/mol. The molecule has 14 heavy (non-hydrogen) atoms. The largest absolute Gasteiger partial charge is 0.382 e. The van der Waals surface area contributed by atoms with Crippen LogP contribution in [-0.4, -0.2) is 20.0 Å². The number of nitrogens with zero attached hydrogens (tertiary/aromatic N) is 3. The van der Waals surface area contributed by atoms with E-state index >= 15 is 0 Å². The van der Waals surface area contributed by atoms with Gasteiger partial charge < -0.3 is 5.73 Å². The summed E-state index contributed by atoms with van der Waals surface area (Å²) >= 11 is 0. The van der Waals surface area contributed by atoms with Gasteiger partial charge in [-0.15, -0.1) is 0 Å². The molecule has 0 aliphatic rings. The molecule has 2 rings (SSSR count). The van der Waals surface area contributed by atoms with Crippen molar-refractivity contribution in [3.63, 3.8) is 0 Å². The molecule has 0 bridgehead atoms. The number of aryl methyl sites for hydroxylation is 2. The molecule has 5 heteroatoms. The Labute approximate surface area is 81.9 Å². The standard InChI is InChI=1S/C9H13N5/c1-3-14-5-7(6(2)13-14)8-4-9(10)12-11-8/h4-5H,3H2,1-2H3,(H3,10,11,12). The summed E-state index contributed by atoms with van der Waals surface area (Å²) < 4.78 is 1.89. The summed E-state index contributed by atoms with van der Waals surface area (Å²) in [6, 6.07) is 1.81. The van der Waals surface area contributed by atoms with Crippen LogP contribution in [0.2, 0.25) is 0 Å². The lowest BCUT2D eigenvalue weighted by Crippen LogP contribution is -1.93. The Bertz CT molecular complexity index is 440. The van der Waals surface area contributed by atoms with Gasteiger partial charge in [-0.25, -0.2) is 0 Å². The molecule has 0 amide bonds. The summed E-state index contributed by atoms with van der Waals surface area (Å²) in [7, 11) is 0. The van der Waals surface area contributed by atoms with Crippen LogP contribution in [0.1, 0.15) is 12.6 Å². The summed E-state index contributed by atoms with van der Waals surface area (Å²) in [6.45, 7) is 4.89. The van der Waals surface area contributed by atoms with E-state index in [9.17, 15) is 0 Å². The number of rotatable bonds is 2. The fraction of sp³-hybridized carbons (Fsp3) is 0.333. The van der Waals surface area contributed by atoms with Gasteiger partial charge in [-0.05, 0) is 13.8 Å². The normalized spacial score (nSPS) is 10.7. The summed E-state index contributed by atoms with van der Waals surface area (Å²) in [5, 5.41) is 11.1. The van der Waals surface area contributed by atoms with Crippen molar-refractivity contribution in [1.29, 1.82) is 0 Å². The Morgan fingerprint density at radius 3 is 2.86 bits per heavy atom. The number of hydrogen-bond acceptors (Lipinski definition) is 3. The maximum absolute atomic E-state index is 5.54. The molecule has 0 atom stereocenters. The molecule has 5 nitrogen and oxygen atoms in total. The van der Waals surface area contributed by atoms with Crippen LogP contribution in [0.25, 0.3) is 11.3 Å². The predicted molar refractivity (Wildman–Crippen MR) is 54.6 cm³/mol. The minimum atomic E-state index is 0.503. The van der Waals surface area contributed by atoms with E-state index < -0.39 is 0 Å². The quantitative estimate of drug-likeness (QED) is 0.748. The molecular formula is C9H13N5. The third-order valence-electron chi connectivity index (χ3n) is 2.16. The summed E-state index contributed by atoms with van der Waals surface area (Å²) in [5.41, 5.74) is 8.49. The molecule has 74 valence electrons. The van der Waals surface area contributed by atoms with Crippen LogP contribution in [-0.2, 0) is 6.54 Å². The van der Waals surface area contributed by atoms with Gasteiger partial charge in [-0.1, -0.05) is 0 Å². The van der Waals surface area contributed by atoms with Crippen molar-refractivity contribution in [2.45, 2.75) is 20.4 Å². The van der Waals surface area contributed by atoms with Crippen LogP contribution in [0.5, 0.6) is 0 Å². The van der Waals surface area contributed by atoms with Gasteiger partial charge >= 0.3 is 0 Å². The first-order valence-corrected chi connectivity index (χ1v) is 4.56. The topological polar surface area (TPSA) is 72.5 Å². The van der Waals surface area contributed by atoms with E-state index in [2.05, 4.69) is 22.2 Å². The third kappa shape index (κ3) is 1.37. The molecular weight excluding hydrogens is 178 g/mol. The van der Waals surface area contributed by atoms with Crippen LogP contribution in [0, 0.1) is 6.92 Å². The summed E-state index contributed by atoms with van der Waals surface area (Å²) in [4.78, 5) is 0. The van der Waals surface area contributed by atoms with Crippen LogP contribution in [0.3, 0.4) is 0 Å². The van der Waals surface area contributed by atoms with Crippen molar-refractivity contribution in [3.05, 3.63) is 18.0 Å². The average Bonchev–Trinajstić information content (AvgIpc) is 2.71. The van der Waals surface area contributed by atoms with Gasteiger partial charge in [0.15, 0.2) is 0 Å². The fourth-order valence-corrected chi connectivity index (χ4v) is 1.42. The number of nitrogens with one attached hydrogen (secondary N) is 1. The maximum Gasteiger partial charge on any atom is 0.145 e. The Morgan fingerprint density at radius 1 is 1.57 bits per heavy atom. The molecule has 0 aromatic carbocycles. The van der Waals surface area contributed by atoms with Crippen LogP contribution in [0.4, 0.5) is 5.82 Å². The van der Waals surface area contributed by atoms with E-state index in [1.807, 2.05) is 23.9 Å². The zero-order valence-electron chi connectivity index (χ0n) is 8.28. The minimum Gasteiger partial charge on any atom is -0.382 e. The van der Waals surface area contributed by atoms with Crippen molar-refractivity contribution in [1.82, 2.24) is 20.0 Å². The molecule has 2 aromatic heterocycles. The fourth-order valence-electron chi connectivity index (χ4n) is 1.42. The lowest BCUT2D eigenvalue weighted by Gasteiger charge is -1.90. The molecule has 0 fully saturated rings. The second-order valence-corrected chi connectivity index (χ2v) is 3.19. The molecule has 2 aromatic rings. The lowest BCUT2D eigenvalue weighted by molar-refractivity contribution is 0.653. The van der Waals surface area contributed by atoms with Gasteiger partial charge in [0.1, 0.15) is 5.82 Å². The van der Waals surface area contributed by atoms with Crippen molar-refractivity contribution >= 4 is 5.82 Å². The second kappa shape index (κ2) is 3.17. The van der Waals surface area contributed by atoms with Gasteiger partial charge in [0.05, 0.1) is 11.4 Å². The maximum atomic E-state index is 5.54. The predicted octanol–water partition coefficient (Wildman–Crippen LogP) is 1.18. The Balaban J connectivity index is 2.45. The van der Waals surface area contributed by atoms with Gasteiger partial charge in [0, 0.05) is 24.4 Å². The van der Waals surface area contributed by atoms with Crippen LogP contribution in [0.15, 0.2) is 12.3 Å². The van der Waals surface area contributed by atoms with Crippen LogP contribution < -0.4 is 5.73 Å². The highest BCUT2D eigenvalue weighted by molar-refractivity contribution is 5.63. The van der Waals surface area contributed by atoms with Gasteiger partial charge in [0.25, 0.3) is 0 Å². The first-order valence-electron chi connectivity index (χ1n) is 4.56. The Morgan fingerprint density at radius 2 is 2.36 bits per heavy atom. The van der Waals surface area contributed by atoms with Crippen molar-refractivity contribution in [3.8, 4) is 11.3 Å². The van der Waals surface area contributed by atoms with Gasteiger partial charge in [-0.2, -0.15) is 10.2 Å². The number of hydrogen-bond donors (Lipinski definition) is 2. The molecule has 0 saturated carbocycles. The highest BCUT2D eigenvalue weighted by atomic mass is 15.3. The number of anilines is 1. The number of nitrogen functional groups attached to an aromatic ring is 1. The van der Waals surface area contributed by atoms with Gasteiger partial charge in [-0.3, -0.25) is 9.78 Å². The van der Waals surface area contributed by atoms with Crippen LogP contribution >= 0.6 is 0 Å². The molecule has 0 aliphatic carbocycles. The highest BCUT2D eigenvalue weighted by Crippen LogP contribution is 2.21. The number of nitrogens with two attached hydrogens (primary N) is 1. The highest BCUT2D eigenvalue weighted by Gasteiger charge is 2.08. The first-order chi connectivity index (χ1) is 6.70. The first kappa shape index (κ1) is 8.80. The number of H-pyrrole nitrogens is 1. The number of aromatic amines is 1. The van der Waals surface area contributed by atoms with Gasteiger partial charge in [0.2, 0.25) is 0 Å². The van der Waals surface area contributed by atoms with E-state index in [1.54, 1.807) is 0 Å². The zero-order chi connectivity index (χ0) is 10.1. The Kier molecular flexibility index (Phi) is 1.99. The summed E-state index contributed by atoms with van der Waals surface area (Å²) in [5.74, 6) is 0.503. The molecule has 2 heterocycles. The molecule has 0 aliphatic heterocycles. The van der Waals surface area contributed by atoms with E-state index in [0.29, 0.717) is 5.82 Å². The minimum absolute atomic E-state index is 0.503.